The van der Waals surface area contributed by atoms with Gasteiger partial charge in [0.1, 0.15) is 0 Å². The van der Waals surface area contributed by atoms with Crippen LogP contribution in [0.2, 0.25) is 0 Å². The SMILES string of the molecule is CC(C)Cn1cc(C(=O)N=C(N)N)c2ccccc2c1=O. The smallest absolute Gasteiger partial charge is 0.282 e. The molecule has 0 saturated heterocycles. The molecule has 0 bridgehead atoms. The van der Waals surface area contributed by atoms with E-state index in [1.807, 2.05) is 13.8 Å². The quantitative estimate of drug-likeness (QED) is 0.650. The van der Waals surface area contributed by atoms with Crippen molar-refractivity contribution >= 4 is 22.6 Å². The molecule has 1 aromatic carbocycles. The fourth-order valence-electron chi connectivity index (χ4n) is 2.22. The first kappa shape index (κ1) is 14.8. The lowest BCUT2D eigenvalue weighted by Gasteiger charge is -2.12. The number of nitrogens with zero attached hydrogens (tertiary/aromatic N) is 2. The van der Waals surface area contributed by atoms with Crippen molar-refractivity contribution in [3.63, 3.8) is 0 Å². The van der Waals surface area contributed by atoms with Crippen molar-refractivity contribution in [3.8, 4) is 0 Å². The Balaban J connectivity index is 2.74. The van der Waals surface area contributed by atoms with Crippen molar-refractivity contribution in [2.75, 3.05) is 0 Å². The molecule has 0 fully saturated rings. The molecule has 1 heterocycles. The molecule has 0 aliphatic heterocycles. The molecule has 1 aromatic heterocycles. The average Bonchev–Trinajstić information content (AvgIpc) is 2.40. The summed E-state index contributed by atoms with van der Waals surface area (Å²) >= 11 is 0. The number of aliphatic imine (C=N–C) groups is 1. The number of carbonyl (C=O) groups excluding carboxylic acids is 1. The number of fused-ring (bicyclic) bond motifs is 1. The predicted octanol–water partition coefficient (Wildman–Crippen LogP) is 1.07. The maximum atomic E-state index is 12.4. The van der Waals surface area contributed by atoms with E-state index >= 15 is 0 Å². The molecule has 6 nitrogen and oxygen atoms in total. The summed E-state index contributed by atoms with van der Waals surface area (Å²) in [5.74, 6) is -0.579. The second kappa shape index (κ2) is 5.78. The first-order valence-corrected chi connectivity index (χ1v) is 6.66. The highest BCUT2D eigenvalue weighted by atomic mass is 16.1. The van der Waals surface area contributed by atoms with Gasteiger partial charge in [0, 0.05) is 23.5 Å². The minimum atomic E-state index is -0.552. The van der Waals surface area contributed by atoms with Gasteiger partial charge in [0.25, 0.3) is 11.5 Å². The highest BCUT2D eigenvalue weighted by molar-refractivity contribution is 6.10. The number of rotatable bonds is 3. The van der Waals surface area contributed by atoms with E-state index in [2.05, 4.69) is 4.99 Å². The van der Waals surface area contributed by atoms with Gasteiger partial charge in [-0.1, -0.05) is 32.0 Å². The zero-order valence-electron chi connectivity index (χ0n) is 12.0. The third-order valence-corrected chi connectivity index (χ3v) is 3.02. The number of hydrogen-bond donors (Lipinski definition) is 2. The maximum Gasteiger partial charge on any atom is 0.282 e. The maximum absolute atomic E-state index is 12.4. The van der Waals surface area contributed by atoms with Crippen molar-refractivity contribution in [3.05, 3.63) is 46.4 Å². The highest BCUT2D eigenvalue weighted by Crippen LogP contribution is 2.17. The lowest BCUT2D eigenvalue weighted by atomic mass is 10.1. The van der Waals surface area contributed by atoms with Gasteiger partial charge in [-0.25, -0.2) is 0 Å². The van der Waals surface area contributed by atoms with E-state index in [4.69, 9.17) is 11.5 Å². The second-order valence-electron chi connectivity index (χ2n) is 5.28. The van der Waals surface area contributed by atoms with Crippen LogP contribution in [0.4, 0.5) is 0 Å². The van der Waals surface area contributed by atoms with E-state index in [0.29, 0.717) is 22.9 Å². The van der Waals surface area contributed by atoms with Crippen LogP contribution < -0.4 is 17.0 Å². The molecule has 0 saturated carbocycles. The Morgan fingerprint density at radius 1 is 1.24 bits per heavy atom. The highest BCUT2D eigenvalue weighted by Gasteiger charge is 2.14. The van der Waals surface area contributed by atoms with E-state index < -0.39 is 5.91 Å². The number of hydrogen-bond acceptors (Lipinski definition) is 2. The van der Waals surface area contributed by atoms with Crippen molar-refractivity contribution in [1.82, 2.24) is 4.57 Å². The molecule has 4 N–H and O–H groups in total. The third kappa shape index (κ3) is 3.10. The summed E-state index contributed by atoms with van der Waals surface area (Å²) in [7, 11) is 0. The van der Waals surface area contributed by atoms with Crippen LogP contribution in [0.5, 0.6) is 0 Å². The summed E-state index contributed by atoms with van der Waals surface area (Å²) in [5.41, 5.74) is 10.7. The molecule has 0 aliphatic rings. The molecular weight excluding hydrogens is 268 g/mol. The van der Waals surface area contributed by atoms with Crippen LogP contribution in [-0.4, -0.2) is 16.4 Å². The fraction of sp³-hybridized carbons (Fsp3) is 0.267. The molecule has 0 unspecified atom stereocenters. The Morgan fingerprint density at radius 2 is 1.86 bits per heavy atom. The van der Waals surface area contributed by atoms with Gasteiger partial charge in [0.15, 0.2) is 5.96 Å². The van der Waals surface area contributed by atoms with E-state index in [1.165, 1.54) is 10.8 Å². The number of pyridine rings is 1. The molecule has 0 radical (unpaired) electrons. The zero-order valence-corrected chi connectivity index (χ0v) is 12.0. The average molecular weight is 286 g/mol. The molecule has 110 valence electrons. The predicted molar refractivity (Wildman–Crippen MR) is 83.2 cm³/mol. The first-order chi connectivity index (χ1) is 9.90. The molecule has 6 heteroatoms. The Bertz CT molecular complexity index is 771. The van der Waals surface area contributed by atoms with Crippen LogP contribution in [0.1, 0.15) is 24.2 Å². The van der Waals surface area contributed by atoms with Gasteiger partial charge in [-0.15, -0.1) is 0 Å². The largest absolute Gasteiger partial charge is 0.370 e. The van der Waals surface area contributed by atoms with E-state index in [-0.39, 0.29) is 17.4 Å². The van der Waals surface area contributed by atoms with Crippen molar-refractivity contribution in [2.45, 2.75) is 20.4 Å². The number of amides is 1. The molecule has 0 aliphatic carbocycles. The number of benzene rings is 1. The fourth-order valence-corrected chi connectivity index (χ4v) is 2.22. The molecule has 2 aromatic rings. The van der Waals surface area contributed by atoms with Gasteiger partial charge >= 0.3 is 0 Å². The summed E-state index contributed by atoms with van der Waals surface area (Å²) in [6, 6.07) is 6.94. The number of aromatic nitrogens is 1. The second-order valence-corrected chi connectivity index (χ2v) is 5.28. The molecule has 0 atom stereocenters. The van der Waals surface area contributed by atoms with Gasteiger partial charge in [0.2, 0.25) is 0 Å². The molecule has 1 amide bonds. The molecule has 2 rings (SSSR count). The molecule has 0 spiro atoms. The standard InChI is InChI=1S/C15H18N4O2/c1-9(2)7-19-8-12(13(20)18-15(16)17)10-5-3-4-6-11(10)14(19)21/h3-6,8-9H,7H2,1-2H3,(H4,16,17,18,20). The summed E-state index contributed by atoms with van der Waals surface area (Å²) < 4.78 is 1.53. The van der Waals surface area contributed by atoms with Gasteiger partial charge in [-0.05, 0) is 12.0 Å². The van der Waals surface area contributed by atoms with Gasteiger partial charge in [-0.3, -0.25) is 9.59 Å². The van der Waals surface area contributed by atoms with Gasteiger partial charge in [0.05, 0.1) is 5.56 Å². The van der Waals surface area contributed by atoms with Gasteiger partial charge < -0.3 is 16.0 Å². The van der Waals surface area contributed by atoms with Crippen LogP contribution >= 0.6 is 0 Å². The molecular formula is C15H18N4O2. The van der Waals surface area contributed by atoms with E-state index in [1.54, 1.807) is 24.3 Å². The Labute approximate surface area is 122 Å². The van der Waals surface area contributed by atoms with Crippen LogP contribution in [0.25, 0.3) is 10.8 Å². The minimum Gasteiger partial charge on any atom is -0.370 e. The van der Waals surface area contributed by atoms with Crippen molar-refractivity contribution < 1.29 is 4.79 Å². The third-order valence-electron chi connectivity index (χ3n) is 3.02. The topological polar surface area (TPSA) is 103 Å². The Kier molecular flexibility index (Phi) is 4.07. The van der Waals surface area contributed by atoms with Gasteiger partial charge in [-0.2, -0.15) is 4.99 Å². The van der Waals surface area contributed by atoms with Crippen LogP contribution in [0.15, 0.2) is 40.2 Å². The number of guanidine groups is 1. The Morgan fingerprint density at radius 3 is 2.43 bits per heavy atom. The Hall–Kier alpha value is -2.63. The van der Waals surface area contributed by atoms with E-state index in [9.17, 15) is 9.59 Å². The summed E-state index contributed by atoms with van der Waals surface area (Å²) in [4.78, 5) is 28.1. The van der Waals surface area contributed by atoms with Crippen molar-refractivity contribution in [1.29, 1.82) is 0 Å². The number of nitrogens with two attached hydrogens (primary N) is 2. The van der Waals surface area contributed by atoms with E-state index in [0.717, 1.165) is 0 Å². The lowest BCUT2D eigenvalue weighted by molar-refractivity contribution is 0.100. The lowest BCUT2D eigenvalue weighted by Crippen LogP contribution is -2.26. The van der Waals surface area contributed by atoms with Crippen LogP contribution in [-0.2, 0) is 6.54 Å². The first-order valence-electron chi connectivity index (χ1n) is 6.66. The summed E-state index contributed by atoms with van der Waals surface area (Å²) in [5, 5.41) is 1.03. The monoisotopic (exact) mass is 286 g/mol. The normalized spacial score (nSPS) is 10.8. The van der Waals surface area contributed by atoms with Crippen LogP contribution in [0.3, 0.4) is 0 Å². The zero-order chi connectivity index (χ0) is 15.6. The molecule has 21 heavy (non-hydrogen) atoms. The van der Waals surface area contributed by atoms with Crippen LogP contribution in [0, 0.1) is 5.92 Å². The summed E-state index contributed by atoms with van der Waals surface area (Å²) in [6.07, 6.45) is 1.53. The minimum absolute atomic E-state index is 0.124. The summed E-state index contributed by atoms with van der Waals surface area (Å²) in [6.45, 7) is 4.52. The van der Waals surface area contributed by atoms with Crippen molar-refractivity contribution in [2.24, 2.45) is 22.4 Å². The number of carbonyl (C=O) groups is 1.